The predicted octanol–water partition coefficient (Wildman–Crippen LogP) is 3.47. The Bertz CT molecular complexity index is 471. The average molecular weight is 273 g/mol. The van der Waals surface area contributed by atoms with E-state index in [9.17, 15) is 0 Å². The molecule has 0 aliphatic heterocycles. The molecule has 0 heterocycles. The molecule has 0 amide bonds. The summed E-state index contributed by atoms with van der Waals surface area (Å²) >= 11 is 1.75. The molecule has 0 saturated heterocycles. The van der Waals surface area contributed by atoms with Gasteiger partial charge in [-0.15, -0.1) is 11.8 Å². The van der Waals surface area contributed by atoms with Crippen molar-refractivity contribution < 1.29 is 0 Å². The van der Waals surface area contributed by atoms with Gasteiger partial charge >= 0.3 is 0 Å². The van der Waals surface area contributed by atoms with Gasteiger partial charge in [-0.1, -0.05) is 60.7 Å². The number of hydrogen-bond donors (Lipinski definition) is 0. The van der Waals surface area contributed by atoms with E-state index in [1.165, 1.54) is 15.4 Å². The average Bonchev–Trinajstić information content (AvgIpc) is 2.46. The van der Waals surface area contributed by atoms with Crippen LogP contribution in [0.4, 0.5) is 0 Å². The molecule has 0 bridgehead atoms. The van der Waals surface area contributed by atoms with Crippen LogP contribution < -0.4 is 10.6 Å². The third-order valence-electron chi connectivity index (χ3n) is 2.59. The third kappa shape index (κ3) is 3.01. The van der Waals surface area contributed by atoms with Crippen LogP contribution in [0.15, 0.2) is 65.7 Å². The highest BCUT2D eigenvalue weighted by Crippen LogP contribution is 2.39. The minimum absolute atomic E-state index is 0.502. The molecule has 0 fully saturated rings. The number of aliphatic imine (C=N–C) groups is 1. The molecule has 18 heavy (non-hydrogen) atoms. The Morgan fingerprint density at radius 1 is 0.889 bits per heavy atom. The van der Waals surface area contributed by atoms with Crippen LogP contribution in [0.5, 0.6) is 0 Å². The lowest BCUT2D eigenvalue weighted by Gasteiger charge is -2.19. The van der Waals surface area contributed by atoms with Crippen molar-refractivity contribution in [3.05, 3.63) is 60.7 Å². The van der Waals surface area contributed by atoms with Gasteiger partial charge < -0.3 is 0 Å². The Morgan fingerprint density at radius 2 is 1.33 bits per heavy atom. The number of thioether (sulfide) groups is 1. The van der Waals surface area contributed by atoms with Crippen LogP contribution in [-0.2, 0) is 0 Å². The first kappa shape index (κ1) is 13.3. The molecule has 0 aromatic heterocycles. The zero-order valence-corrected chi connectivity index (χ0v) is 12.3. The maximum absolute atomic E-state index is 4.47. The highest BCUT2D eigenvalue weighted by atomic mass is 32.2. The summed E-state index contributed by atoms with van der Waals surface area (Å²) in [7, 11) is 1.38. The van der Waals surface area contributed by atoms with Crippen LogP contribution in [0.25, 0.3) is 0 Å². The highest BCUT2D eigenvalue weighted by Gasteiger charge is 2.18. The van der Waals surface area contributed by atoms with Crippen LogP contribution in [0.1, 0.15) is 0 Å². The van der Waals surface area contributed by atoms with Gasteiger partial charge in [0.1, 0.15) is 0 Å². The Hall–Kier alpha value is -1.11. The molecule has 0 unspecified atom stereocenters. The third-order valence-corrected chi connectivity index (χ3v) is 6.45. The summed E-state index contributed by atoms with van der Waals surface area (Å²) in [5, 5.41) is 2.71. The summed E-state index contributed by atoms with van der Waals surface area (Å²) in [4.78, 5) is 5.68. The zero-order valence-electron chi connectivity index (χ0n) is 10.6. The first-order chi connectivity index (χ1) is 8.86. The molecule has 1 nitrogen and oxygen atoms in total. The summed E-state index contributed by atoms with van der Waals surface area (Å²) in [5.74, 6) is 0. The first-order valence-electron chi connectivity index (χ1n) is 5.78. The van der Waals surface area contributed by atoms with Gasteiger partial charge in [-0.2, -0.15) is 0 Å². The summed E-state index contributed by atoms with van der Waals surface area (Å²) in [6.07, 6.45) is 2.10. The van der Waals surface area contributed by atoms with Crippen LogP contribution in [0.3, 0.4) is 0 Å². The van der Waals surface area contributed by atoms with Crippen molar-refractivity contribution in [1.82, 2.24) is 0 Å². The molecule has 0 atom stereocenters. The van der Waals surface area contributed by atoms with Crippen molar-refractivity contribution in [3.63, 3.8) is 0 Å². The minimum atomic E-state index is -0.502. The van der Waals surface area contributed by atoms with Gasteiger partial charge in [-0.3, -0.25) is 4.99 Å². The maximum atomic E-state index is 4.47. The SMILES string of the molecule is C/N=C(\SC)P(c1ccccc1)c1ccccc1. The lowest BCUT2D eigenvalue weighted by Crippen LogP contribution is -2.16. The normalized spacial score (nSPS) is 11.8. The van der Waals surface area contributed by atoms with E-state index in [0.717, 1.165) is 0 Å². The van der Waals surface area contributed by atoms with Gasteiger partial charge in [0.05, 0.1) is 4.78 Å². The molecule has 0 spiro atoms. The Morgan fingerprint density at radius 3 is 1.67 bits per heavy atom. The summed E-state index contributed by atoms with van der Waals surface area (Å²) in [5.41, 5.74) is 0. The Labute approximate surface area is 114 Å². The predicted molar refractivity (Wildman–Crippen MR) is 85.9 cm³/mol. The molecule has 0 aliphatic rings. The molecule has 0 N–H and O–H groups in total. The Kier molecular flexibility index (Phi) is 4.98. The van der Waals surface area contributed by atoms with Crippen LogP contribution >= 0.6 is 19.7 Å². The van der Waals surface area contributed by atoms with Gasteiger partial charge in [-0.05, 0) is 16.9 Å². The van der Waals surface area contributed by atoms with Gasteiger partial charge in [0.2, 0.25) is 0 Å². The van der Waals surface area contributed by atoms with E-state index in [4.69, 9.17) is 0 Å². The fourth-order valence-electron chi connectivity index (χ4n) is 1.81. The van der Waals surface area contributed by atoms with Crippen molar-refractivity contribution in [2.45, 2.75) is 0 Å². The molecule has 0 radical (unpaired) electrons. The number of rotatable bonds is 3. The van der Waals surface area contributed by atoms with Crippen molar-refractivity contribution in [3.8, 4) is 0 Å². The smallest absolute Gasteiger partial charge is 0.0984 e. The van der Waals surface area contributed by atoms with Gasteiger partial charge in [-0.25, -0.2) is 0 Å². The van der Waals surface area contributed by atoms with Gasteiger partial charge in [0, 0.05) is 15.0 Å². The van der Waals surface area contributed by atoms with E-state index in [-0.39, 0.29) is 0 Å². The molecule has 2 aromatic rings. The van der Waals surface area contributed by atoms with E-state index in [0.29, 0.717) is 0 Å². The quantitative estimate of drug-likeness (QED) is 0.474. The topological polar surface area (TPSA) is 12.4 Å². The van der Waals surface area contributed by atoms with Gasteiger partial charge in [0.25, 0.3) is 0 Å². The van der Waals surface area contributed by atoms with Crippen LogP contribution in [0, 0.1) is 0 Å². The van der Waals surface area contributed by atoms with Crippen molar-refractivity contribution in [1.29, 1.82) is 0 Å². The number of nitrogens with zero attached hydrogens (tertiary/aromatic N) is 1. The van der Waals surface area contributed by atoms with E-state index in [2.05, 4.69) is 71.9 Å². The van der Waals surface area contributed by atoms with Crippen molar-refractivity contribution in [2.75, 3.05) is 13.3 Å². The van der Waals surface area contributed by atoms with E-state index >= 15 is 0 Å². The lowest BCUT2D eigenvalue weighted by atomic mass is 10.4. The largest absolute Gasteiger partial charge is 0.281 e. The number of hydrogen-bond acceptors (Lipinski definition) is 2. The summed E-state index contributed by atoms with van der Waals surface area (Å²) < 4.78 is 0. The molecule has 2 aromatic carbocycles. The summed E-state index contributed by atoms with van der Waals surface area (Å²) in [6.45, 7) is 0. The summed E-state index contributed by atoms with van der Waals surface area (Å²) in [6, 6.07) is 21.3. The first-order valence-corrected chi connectivity index (χ1v) is 8.34. The second kappa shape index (κ2) is 6.72. The fourth-order valence-corrected chi connectivity index (χ4v) is 5.23. The van der Waals surface area contributed by atoms with Crippen molar-refractivity contribution >= 4 is 35.1 Å². The van der Waals surface area contributed by atoms with E-state index in [1.807, 2.05) is 7.05 Å². The van der Waals surface area contributed by atoms with Crippen LogP contribution in [0.2, 0.25) is 0 Å². The minimum Gasteiger partial charge on any atom is -0.281 e. The molecular formula is C15H16NPS. The molecule has 2 rings (SSSR count). The molecular weight excluding hydrogens is 257 g/mol. The molecule has 3 heteroatoms. The van der Waals surface area contributed by atoms with Crippen molar-refractivity contribution in [2.24, 2.45) is 4.99 Å². The molecule has 92 valence electrons. The number of benzene rings is 2. The fraction of sp³-hybridized carbons (Fsp3) is 0.133. The van der Waals surface area contributed by atoms with Gasteiger partial charge in [0.15, 0.2) is 0 Å². The second-order valence-electron chi connectivity index (χ2n) is 3.72. The van der Waals surface area contributed by atoms with E-state index < -0.39 is 7.92 Å². The van der Waals surface area contributed by atoms with E-state index in [1.54, 1.807) is 11.8 Å². The molecule has 0 aliphatic carbocycles. The standard InChI is InChI=1S/C15H16NPS/c1-16-15(18-2)17(13-9-5-3-6-10-13)14-11-7-4-8-12-14/h3-12H,1-2H3/b16-15-. The maximum Gasteiger partial charge on any atom is 0.0984 e. The lowest BCUT2D eigenvalue weighted by molar-refractivity contribution is 1.48. The molecule has 0 saturated carbocycles. The highest BCUT2D eigenvalue weighted by molar-refractivity contribution is 8.28. The Balaban J connectivity index is 2.48. The van der Waals surface area contributed by atoms with Crippen LogP contribution in [-0.4, -0.2) is 18.1 Å². The second-order valence-corrected chi connectivity index (χ2v) is 6.94. The monoisotopic (exact) mass is 273 g/mol. The zero-order chi connectivity index (χ0) is 12.8.